The van der Waals surface area contributed by atoms with Crippen LogP contribution in [0.5, 0.6) is 5.75 Å². The number of nitrogens with zero attached hydrogens (tertiary/aromatic N) is 1. The number of ether oxygens (including phenoxy) is 2. The predicted octanol–water partition coefficient (Wildman–Crippen LogP) is 1.47. The number of furan rings is 1. The van der Waals surface area contributed by atoms with Gasteiger partial charge in [-0.15, -0.1) is 0 Å². The first-order chi connectivity index (χ1) is 12.8. The second-order valence-corrected chi connectivity index (χ2v) is 5.25. The van der Waals surface area contributed by atoms with Crippen LogP contribution in [0.4, 0.5) is 5.88 Å². The summed E-state index contributed by atoms with van der Waals surface area (Å²) in [6, 6.07) is 6.34. The first-order valence-corrected chi connectivity index (χ1v) is 7.53. The number of hydrazine groups is 1. The Hall–Kier alpha value is -3.60. The molecule has 0 saturated carbocycles. The van der Waals surface area contributed by atoms with Crippen molar-refractivity contribution in [3.63, 3.8) is 0 Å². The first kappa shape index (κ1) is 19.7. The van der Waals surface area contributed by atoms with Crippen molar-refractivity contribution >= 4 is 35.3 Å². The van der Waals surface area contributed by atoms with Crippen molar-refractivity contribution in [2.75, 3.05) is 13.7 Å². The molecule has 142 valence electrons. The number of esters is 1. The molecule has 27 heavy (non-hydrogen) atoms. The minimum absolute atomic E-state index is 0.0742. The van der Waals surface area contributed by atoms with E-state index in [2.05, 4.69) is 14.6 Å². The molecule has 2 rings (SSSR count). The average Bonchev–Trinajstić information content (AvgIpc) is 3.14. The fourth-order valence-electron chi connectivity index (χ4n) is 1.83. The summed E-state index contributed by atoms with van der Waals surface area (Å²) in [5.41, 5.74) is 4.21. The summed E-state index contributed by atoms with van der Waals surface area (Å²) in [6.07, 6.45) is 0. The van der Waals surface area contributed by atoms with Gasteiger partial charge >= 0.3 is 11.9 Å². The van der Waals surface area contributed by atoms with Crippen LogP contribution in [0.1, 0.15) is 20.9 Å². The van der Waals surface area contributed by atoms with Gasteiger partial charge in [0.15, 0.2) is 6.61 Å². The van der Waals surface area contributed by atoms with E-state index in [0.29, 0.717) is 0 Å². The van der Waals surface area contributed by atoms with Gasteiger partial charge in [-0.1, -0.05) is 11.6 Å². The molecule has 0 fully saturated rings. The summed E-state index contributed by atoms with van der Waals surface area (Å²) in [6.45, 7) is -0.764. The van der Waals surface area contributed by atoms with Gasteiger partial charge in [0.2, 0.25) is 5.76 Å². The minimum Gasteiger partial charge on any atom is -0.496 e. The Kier molecular flexibility index (Phi) is 6.33. The summed E-state index contributed by atoms with van der Waals surface area (Å²) in [5, 5.41) is 10.8. The lowest BCUT2D eigenvalue weighted by Crippen LogP contribution is -2.43. The molecule has 0 radical (unpaired) electrons. The third kappa shape index (κ3) is 5.19. The standard InChI is InChI=1S/C15H12ClN3O8/c1-25-10-3-2-8(16)6-9(10)14(21)18-17-12(20)7-26-15(22)11-4-5-13(27-11)19(23)24/h2-6H,7H2,1H3,(H,17,20)(H,18,21). The molecule has 2 aromatic rings. The molecule has 1 heterocycles. The zero-order valence-corrected chi connectivity index (χ0v) is 14.4. The molecular weight excluding hydrogens is 386 g/mol. The average molecular weight is 398 g/mol. The largest absolute Gasteiger partial charge is 0.496 e. The number of rotatable bonds is 6. The van der Waals surface area contributed by atoms with Crippen LogP contribution >= 0.6 is 11.6 Å². The molecule has 12 heteroatoms. The molecule has 11 nitrogen and oxygen atoms in total. The van der Waals surface area contributed by atoms with E-state index in [1.165, 1.54) is 25.3 Å². The van der Waals surface area contributed by atoms with E-state index in [4.69, 9.17) is 16.3 Å². The lowest BCUT2D eigenvalue weighted by atomic mass is 10.2. The maximum Gasteiger partial charge on any atom is 0.433 e. The summed E-state index contributed by atoms with van der Waals surface area (Å²) >= 11 is 5.81. The fourth-order valence-corrected chi connectivity index (χ4v) is 2.00. The van der Waals surface area contributed by atoms with E-state index in [0.717, 1.165) is 12.1 Å². The third-order valence-corrected chi connectivity index (χ3v) is 3.26. The van der Waals surface area contributed by atoms with Crippen LogP contribution in [0.25, 0.3) is 0 Å². The van der Waals surface area contributed by atoms with Crippen molar-refractivity contribution < 1.29 is 33.2 Å². The maximum absolute atomic E-state index is 12.1. The Morgan fingerprint density at radius 1 is 1.22 bits per heavy atom. The topological polar surface area (TPSA) is 150 Å². The number of nitrogens with one attached hydrogen (secondary N) is 2. The van der Waals surface area contributed by atoms with E-state index >= 15 is 0 Å². The smallest absolute Gasteiger partial charge is 0.433 e. The van der Waals surface area contributed by atoms with Crippen LogP contribution in [-0.4, -0.2) is 36.4 Å². The van der Waals surface area contributed by atoms with Crippen LogP contribution in [0, 0.1) is 10.1 Å². The lowest BCUT2D eigenvalue weighted by Gasteiger charge is -2.10. The number of amides is 2. The lowest BCUT2D eigenvalue weighted by molar-refractivity contribution is -0.402. The van der Waals surface area contributed by atoms with Crippen LogP contribution in [0.2, 0.25) is 5.02 Å². The molecule has 0 aliphatic carbocycles. The molecule has 2 N–H and O–H groups in total. The third-order valence-electron chi connectivity index (χ3n) is 3.03. The number of carbonyl (C=O) groups is 3. The van der Waals surface area contributed by atoms with Gasteiger partial charge in [-0.3, -0.25) is 30.6 Å². The van der Waals surface area contributed by atoms with Crippen LogP contribution < -0.4 is 15.6 Å². The second kappa shape index (κ2) is 8.67. The highest BCUT2D eigenvalue weighted by Gasteiger charge is 2.20. The first-order valence-electron chi connectivity index (χ1n) is 7.16. The van der Waals surface area contributed by atoms with Crippen molar-refractivity contribution in [1.82, 2.24) is 10.9 Å². The summed E-state index contributed by atoms with van der Waals surface area (Å²) in [4.78, 5) is 45.0. The van der Waals surface area contributed by atoms with Crippen molar-refractivity contribution in [1.29, 1.82) is 0 Å². The molecule has 1 aromatic carbocycles. The van der Waals surface area contributed by atoms with Crippen molar-refractivity contribution in [2.45, 2.75) is 0 Å². The SMILES string of the molecule is COc1ccc(Cl)cc1C(=O)NNC(=O)COC(=O)c1ccc([N+](=O)[O-])o1. The zero-order valence-electron chi connectivity index (χ0n) is 13.7. The quantitative estimate of drug-likeness (QED) is 0.422. The van der Waals surface area contributed by atoms with Gasteiger partial charge < -0.3 is 13.9 Å². The molecular formula is C15H12ClN3O8. The van der Waals surface area contributed by atoms with Gasteiger partial charge in [0.05, 0.1) is 18.7 Å². The number of carbonyl (C=O) groups excluding carboxylic acids is 3. The summed E-state index contributed by atoms with van der Waals surface area (Å²) in [5.74, 6) is -3.51. The van der Waals surface area contributed by atoms with Crippen molar-refractivity contribution in [3.05, 3.63) is 56.8 Å². The number of methoxy groups -OCH3 is 1. The second-order valence-electron chi connectivity index (χ2n) is 4.82. The number of halogens is 1. The summed E-state index contributed by atoms with van der Waals surface area (Å²) in [7, 11) is 1.36. The molecule has 0 aliphatic heterocycles. The Balaban J connectivity index is 1.85. The molecule has 0 unspecified atom stereocenters. The van der Waals surface area contributed by atoms with Gasteiger partial charge in [0.1, 0.15) is 10.7 Å². The van der Waals surface area contributed by atoms with Gasteiger partial charge in [-0.2, -0.15) is 0 Å². The highest BCUT2D eigenvalue weighted by molar-refractivity contribution is 6.31. The van der Waals surface area contributed by atoms with E-state index in [1.807, 2.05) is 5.43 Å². The Morgan fingerprint density at radius 2 is 1.96 bits per heavy atom. The molecule has 0 atom stereocenters. The highest BCUT2D eigenvalue weighted by atomic mass is 35.5. The minimum atomic E-state index is -1.08. The number of benzene rings is 1. The predicted molar refractivity (Wildman–Crippen MR) is 89.3 cm³/mol. The molecule has 1 aromatic heterocycles. The van der Waals surface area contributed by atoms with Crippen molar-refractivity contribution in [3.8, 4) is 5.75 Å². The van der Waals surface area contributed by atoms with Gasteiger partial charge in [-0.05, 0) is 24.3 Å². The Morgan fingerprint density at radius 3 is 2.59 bits per heavy atom. The number of hydrogen-bond acceptors (Lipinski definition) is 8. The van der Waals surface area contributed by atoms with Crippen molar-refractivity contribution in [2.24, 2.45) is 0 Å². The van der Waals surface area contributed by atoms with Crippen LogP contribution in [0.3, 0.4) is 0 Å². The fraction of sp³-hybridized carbons (Fsp3) is 0.133. The van der Waals surface area contributed by atoms with Crippen LogP contribution in [-0.2, 0) is 9.53 Å². The van der Waals surface area contributed by atoms with E-state index in [1.54, 1.807) is 0 Å². The monoisotopic (exact) mass is 397 g/mol. The van der Waals surface area contributed by atoms with Gasteiger partial charge in [0.25, 0.3) is 11.8 Å². The molecule has 0 spiro atoms. The zero-order chi connectivity index (χ0) is 20.0. The molecule has 2 amide bonds. The normalized spacial score (nSPS) is 10.0. The Bertz CT molecular complexity index is 895. The van der Waals surface area contributed by atoms with E-state index < -0.39 is 41.0 Å². The van der Waals surface area contributed by atoms with Gasteiger partial charge in [-0.25, -0.2) is 4.79 Å². The summed E-state index contributed by atoms with van der Waals surface area (Å²) < 4.78 is 14.3. The highest BCUT2D eigenvalue weighted by Crippen LogP contribution is 2.22. The molecule has 0 bridgehead atoms. The number of hydrogen-bond donors (Lipinski definition) is 2. The molecule has 0 aliphatic rings. The Labute approximate surface area is 156 Å². The molecule has 0 saturated heterocycles. The maximum atomic E-state index is 12.1. The van der Waals surface area contributed by atoms with E-state index in [-0.39, 0.29) is 16.3 Å². The van der Waals surface area contributed by atoms with E-state index in [9.17, 15) is 24.5 Å². The van der Waals surface area contributed by atoms with Gasteiger partial charge in [0, 0.05) is 5.02 Å². The van der Waals surface area contributed by atoms with Crippen LogP contribution in [0.15, 0.2) is 34.7 Å². The number of nitro groups is 1.